The Morgan fingerprint density at radius 1 is 1.21 bits per heavy atom. The molecule has 0 bridgehead atoms. The Morgan fingerprint density at radius 2 is 2.17 bits per heavy atom. The number of fused-ring (bicyclic) bond motifs is 1. The molecule has 0 aromatic carbocycles. The minimum Gasteiger partial charge on any atom is -0.353 e. The number of rotatable bonds is 3. The molecule has 1 aliphatic heterocycles. The second kappa shape index (κ2) is 6.23. The van der Waals surface area contributed by atoms with E-state index in [-0.39, 0.29) is 11.9 Å². The summed E-state index contributed by atoms with van der Waals surface area (Å²) in [5, 5.41) is 7.30. The van der Waals surface area contributed by atoms with E-state index in [0.29, 0.717) is 12.2 Å². The van der Waals surface area contributed by atoms with Gasteiger partial charge in [-0.2, -0.15) is 5.10 Å². The van der Waals surface area contributed by atoms with E-state index < -0.39 is 0 Å². The number of hydrogen-bond acceptors (Lipinski definition) is 6. The third kappa shape index (κ3) is 2.78. The Balaban J connectivity index is 1.50. The summed E-state index contributed by atoms with van der Waals surface area (Å²) in [5.41, 5.74) is 1.36. The predicted octanol–water partition coefficient (Wildman–Crippen LogP) is 0.918. The summed E-state index contributed by atoms with van der Waals surface area (Å²) in [4.78, 5) is 26.8. The minimum atomic E-state index is -0.167. The Morgan fingerprint density at radius 3 is 3.04 bits per heavy atom. The van der Waals surface area contributed by atoms with Crippen molar-refractivity contribution in [3.63, 3.8) is 0 Å². The lowest BCUT2D eigenvalue weighted by Gasteiger charge is -2.34. The van der Waals surface area contributed by atoms with Crippen molar-refractivity contribution in [1.29, 1.82) is 0 Å². The number of piperidine rings is 1. The first-order chi connectivity index (χ1) is 11.8. The molecule has 1 N–H and O–H groups in total. The van der Waals surface area contributed by atoms with E-state index in [1.165, 1.54) is 6.33 Å². The van der Waals surface area contributed by atoms with Crippen LogP contribution < -0.4 is 10.2 Å². The molecular formula is C16H17N7O. The summed E-state index contributed by atoms with van der Waals surface area (Å²) >= 11 is 0. The quantitative estimate of drug-likeness (QED) is 0.771. The lowest BCUT2D eigenvalue weighted by molar-refractivity contribution is 0.0928. The molecule has 0 aliphatic carbocycles. The zero-order valence-corrected chi connectivity index (χ0v) is 13.0. The molecule has 8 heteroatoms. The third-order valence-electron chi connectivity index (χ3n) is 4.17. The molecule has 8 nitrogen and oxygen atoms in total. The number of hydrogen-bond donors (Lipinski definition) is 1. The van der Waals surface area contributed by atoms with Crippen molar-refractivity contribution in [2.24, 2.45) is 0 Å². The molecule has 1 atom stereocenters. The molecule has 1 aliphatic rings. The molecule has 1 unspecified atom stereocenters. The van der Waals surface area contributed by atoms with Gasteiger partial charge in [-0.15, -0.1) is 0 Å². The maximum atomic E-state index is 12.3. The van der Waals surface area contributed by atoms with Gasteiger partial charge in [0.05, 0.1) is 6.20 Å². The van der Waals surface area contributed by atoms with Crippen molar-refractivity contribution in [3.8, 4) is 0 Å². The van der Waals surface area contributed by atoms with Gasteiger partial charge in [0, 0.05) is 37.7 Å². The molecule has 0 saturated carbocycles. The van der Waals surface area contributed by atoms with Crippen molar-refractivity contribution >= 4 is 17.2 Å². The minimum absolute atomic E-state index is 0.0613. The Kier molecular flexibility index (Phi) is 3.78. The summed E-state index contributed by atoms with van der Waals surface area (Å²) < 4.78 is 1.81. The van der Waals surface area contributed by atoms with E-state index in [4.69, 9.17) is 0 Å². The van der Waals surface area contributed by atoms with Gasteiger partial charge < -0.3 is 10.2 Å². The summed E-state index contributed by atoms with van der Waals surface area (Å²) in [6.07, 6.45) is 10.2. The number of aromatic nitrogens is 5. The van der Waals surface area contributed by atoms with Crippen LogP contribution in [-0.2, 0) is 0 Å². The van der Waals surface area contributed by atoms with Crippen LogP contribution in [-0.4, -0.2) is 49.6 Å². The number of anilines is 1. The highest BCUT2D eigenvalue weighted by molar-refractivity contribution is 5.92. The van der Waals surface area contributed by atoms with Gasteiger partial charge in [0.15, 0.2) is 5.82 Å². The second-order valence-corrected chi connectivity index (χ2v) is 5.77. The molecular weight excluding hydrogens is 306 g/mol. The van der Waals surface area contributed by atoms with Gasteiger partial charge in [0.1, 0.15) is 17.5 Å². The molecule has 0 spiro atoms. The van der Waals surface area contributed by atoms with Gasteiger partial charge in [-0.1, -0.05) is 0 Å². The maximum absolute atomic E-state index is 12.3. The van der Waals surface area contributed by atoms with Crippen LogP contribution in [0.15, 0.2) is 43.2 Å². The van der Waals surface area contributed by atoms with E-state index in [0.717, 1.165) is 30.7 Å². The van der Waals surface area contributed by atoms with Crippen molar-refractivity contribution in [1.82, 2.24) is 29.9 Å². The average molecular weight is 323 g/mol. The van der Waals surface area contributed by atoms with Crippen LogP contribution >= 0.6 is 0 Å². The molecule has 24 heavy (non-hydrogen) atoms. The van der Waals surface area contributed by atoms with Crippen molar-refractivity contribution < 1.29 is 4.79 Å². The van der Waals surface area contributed by atoms with Crippen LogP contribution in [0.4, 0.5) is 5.82 Å². The van der Waals surface area contributed by atoms with Gasteiger partial charge in [-0.05, 0) is 25.0 Å². The fraction of sp³-hybridized carbons (Fsp3) is 0.312. The number of carbonyl (C=O) groups excluding carboxylic acids is 1. The molecule has 3 aromatic heterocycles. The highest BCUT2D eigenvalue weighted by Gasteiger charge is 2.24. The van der Waals surface area contributed by atoms with E-state index in [9.17, 15) is 4.79 Å². The van der Waals surface area contributed by atoms with E-state index >= 15 is 0 Å². The van der Waals surface area contributed by atoms with Crippen LogP contribution in [0.25, 0.3) is 5.52 Å². The second-order valence-electron chi connectivity index (χ2n) is 5.77. The zero-order valence-electron chi connectivity index (χ0n) is 13.0. The van der Waals surface area contributed by atoms with Gasteiger partial charge in [0.2, 0.25) is 0 Å². The molecule has 4 rings (SSSR count). The molecule has 1 amide bonds. The molecule has 1 fully saturated rings. The smallest absolute Gasteiger partial charge is 0.270 e. The lowest BCUT2D eigenvalue weighted by Crippen LogP contribution is -2.48. The fourth-order valence-electron chi connectivity index (χ4n) is 3.06. The molecule has 1 saturated heterocycles. The largest absolute Gasteiger partial charge is 0.353 e. The fourth-order valence-corrected chi connectivity index (χ4v) is 3.06. The van der Waals surface area contributed by atoms with Crippen LogP contribution in [0.3, 0.4) is 0 Å². The maximum Gasteiger partial charge on any atom is 0.270 e. The number of carbonyl (C=O) groups is 1. The van der Waals surface area contributed by atoms with Gasteiger partial charge in [-0.3, -0.25) is 4.79 Å². The van der Waals surface area contributed by atoms with Crippen LogP contribution in [0.2, 0.25) is 0 Å². The molecule has 3 aromatic rings. The first kappa shape index (κ1) is 14.6. The van der Waals surface area contributed by atoms with Gasteiger partial charge in [0.25, 0.3) is 5.91 Å². The standard InChI is InChI=1S/C16H17N7O/c24-16(13-3-5-17-11-19-13)21-12-2-1-8-22(10-12)15-14-4-6-20-23(14)9-7-18-15/h3-7,9,11-12H,1-2,8,10H2,(H,21,24). The predicted molar refractivity (Wildman–Crippen MR) is 87.7 cm³/mol. The first-order valence-electron chi connectivity index (χ1n) is 7.91. The van der Waals surface area contributed by atoms with Crippen LogP contribution in [0.5, 0.6) is 0 Å². The normalized spacial score (nSPS) is 17.8. The van der Waals surface area contributed by atoms with Crippen molar-refractivity contribution in [3.05, 3.63) is 48.9 Å². The number of nitrogens with one attached hydrogen (secondary N) is 1. The lowest BCUT2D eigenvalue weighted by atomic mass is 10.1. The Hall–Kier alpha value is -3.03. The van der Waals surface area contributed by atoms with Crippen molar-refractivity contribution in [2.45, 2.75) is 18.9 Å². The van der Waals surface area contributed by atoms with Gasteiger partial charge >= 0.3 is 0 Å². The van der Waals surface area contributed by atoms with E-state index in [1.807, 2.05) is 16.8 Å². The molecule has 0 radical (unpaired) electrons. The number of nitrogens with zero attached hydrogens (tertiary/aromatic N) is 6. The third-order valence-corrected chi connectivity index (χ3v) is 4.17. The van der Waals surface area contributed by atoms with E-state index in [2.05, 4.69) is 30.3 Å². The molecule has 4 heterocycles. The van der Waals surface area contributed by atoms with Gasteiger partial charge in [-0.25, -0.2) is 19.5 Å². The summed E-state index contributed by atoms with van der Waals surface area (Å²) in [6, 6.07) is 3.63. The monoisotopic (exact) mass is 323 g/mol. The Labute approximate surface area is 138 Å². The first-order valence-corrected chi connectivity index (χ1v) is 7.91. The number of amides is 1. The Bertz CT molecular complexity index is 848. The highest BCUT2D eigenvalue weighted by atomic mass is 16.1. The summed E-state index contributed by atoms with van der Waals surface area (Å²) in [5.74, 6) is 0.732. The topological polar surface area (TPSA) is 88.3 Å². The average Bonchev–Trinajstić information content (AvgIpc) is 3.11. The zero-order chi connectivity index (χ0) is 16.4. The summed E-state index contributed by atoms with van der Waals surface area (Å²) in [6.45, 7) is 1.63. The van der Waals surface area contributed by atoms with Crippen LogP contribution in [0, 0.1) is 0 Å². The van der Waals surface area contributed by atoms with Crippen LogP contribution in [0.1, 0.15) is 23.3 Å². The highest BCUT2D eigenvalue weighted by Crippen LogP contribution is 2.22. The SMILES string of the molecule is O=C(NC1CCCN(c2nccn3nccc23)C1)c1ccncn1. The van der Waals surface area contributed by atoms with E-state index in [1.54, 1.807) is 24.7 Å². The molecule has 122 valence electrons. The van der Waals surface area contributed by atoms with Crippen molar-refractivity contribution in [2.75, 3.05) is 18.0 Å². The summed E-state index contributed by atoms with van der Waals surface area (Å²) in [7, 11) is 0.